The smallest absolute Gasteiger partial charge is 0.249 e. The van der Waals surface area contributed by atoms with Crippen molar-refractivity contribution in [1.82, 2.24) is 9.21 Å². The molecule has 0 aromatic heterocycles. The molecule has 0 radical (unpaired) electrons. The van der Waals surface area contributed by atoms with Crippen molar-refractivity contribution < 1.29 is 17.9 Å². The van der Waals surface area contributed by atoms with Gasteiger partial charge in [0.25, 0.3) is 0 Å². The molecule has 1 aromatic carbocycles. The van der Waals surface area contributed by atoms with E-state index in [0.717, 1.165) is 5.56 Å². The number of carbonyl (C=O) groups excluding carboxylic acids is 1. The fourth-order valence-corrected chi connectivity index (χ4v) is 3.73. The van der Waals surface area contributed by atoms with Crippen molar-refractivity contribution in [3.8, 4) is 0 Å². The molecule has 114 valence electrons. The summed E-state index contributed by atoms with van der Waals surface area (Å²) in [6.07, 6.45) is 0.953. The third kappa shape index (κ3) is 2.95. The van der Waals surface area contributed by atoms with E-state index in [2.05, 4.69) is 0 Å². The number of hydrogen-bond acceptors (Lipinski definition) is 4. The SMILES string of the molecule is CS(=O)(=O)N1C[C@@H]2OCC(=O)N(Cc3ccccc3)[C@@H]2C1. The van der Waals surface area contributed by atoms with Gasteiger partial charge >= 0.3 is 0 Å². The second-order valence-electron chi connectivity index (χ2n) is 5.50. The second kappa shape index (κ2) is 5.40. The maximum absolute atomic E-state index is 12.1. The molecule has 3 rings (SSSR count). The fraction of sp³-hybridized carbons (Fsp3) is 0.500. The summed E-state index contributed by atoms with van der Waals surface area (Å²) in [6, 6.07) is 9.49. The Morgan fingerprint density at radius 3 is 2.62 bits per heavy atom. The van der Waals surface area contributed by atoms with Crippen molar-refractivity contribution in [2.24, 2.45) is 0 Å². The molecule has 0 unspecified atom stereocenters. The first-order valence-corrected chi connectivity index (χ1v) is 8.70. The summed E-state index contributed by atoms with van der Waals surface area (Å²) in [7, 11) is -3.26. The van der Waals surface area contributed by atoms with Gasteiger partial charge in [-0.2, -0.15) is 4.31 Å². The van der Waals surface area contributed by atoms with Crippen LogP contribution in [0.1, 0.15) is 5.56 Å². The third-order valence-corrected chi connectivity index (χ3v) is 5.25. The van der Waals surface area contributed by atoms with Crippen LogP contribution in [0.5, 0.6) is 0 Å². The molecule has 2 heterocycles. The zero-order chi connectivity index (χ0) is 15.0. The zero-order valence-corrected chi connectivity index (χ0v) is 12.6. The summed E-state index contributed by atoms with van der Waals surface area (Å²) in [5.74, 6) is -0.0875. The maximum Gasteiger partial charge on any atom is 0.249 e. The Labute approximate surface area is 124 Å². The summed E-state index contributed by atoms with van der Waals surface area (Å²) in [5, 5.41) is 0. The normalized spacial score (nSPS) is 26.9. The van der Waals surface area contributed by atoms with Gasteiger partial charge in [-0.15, -0.1) is 0 Å². The van der Waals surface area contributed by atoms with Crippen LogP contribution in [0.25, 0.3) is 0 Å². The molecule has 0 saturated carbocycles. The summed E-state index contributed by atoms with van der Waals surface area (Å²) in [6.45, 7) is 1.14. The van der Waals surface area contributed by atoms with Gasteiger partial charge in [-0.25, -0.2) is 8.42 Å². The fourth-order valence-electron chi connectivity index (χ4n) is 2.89. The van der Waals surface area contributed by atoms with Gasteiger partial charge in [-0.1, -0.05) is 30.3 Å². The Morgan fingerprint density at radius 2 is 1.95 bits per heavy atom. The van der Waals surface area contributed by atoms with E-state index in [0.29, 0.717) is 19.6 Å². The molecule has 2 aliphatic rings. The molecule has 1 amide bonds. The first-order valence-electron chi connectivity index (χ1n) is 6.85. The lowest BCUT2D eigenvalue weighted by molar-refractivity contribution is -0.153. The Hall–Kier alpha value is -1.44. The van der Waals surface area contributed by atoms with E-state index >= 15 is 0 Å². The van der Waals surface area contributed by atoms with E-state index < -0.39 is 10.0 Å². The number of carbonyl (C=O) groups is 1. The van der Waals surface area contributed by atoms with E-state index in [1.807, 2.05) is 30.3 Å². The molecule has 0 bridgehead atoms. The molecule has 7 heteroatoms. The minimum atomic E-state index is -3.26. The molecule has 2 fully saturated rings. The predicted octanol–water partition coefficient (Wildman–Crippen LogP) is 0.0578. The number of nitrogens with zero attached hydrogens (tertiary/aromatic N) is 2. The summed E-state index contributed by atoms with van der Waals surface area (Å²) < 4.78 is 30.3. The highest BCUT2D eigenvalue weighted by atomic mass is 32.2. The van der Waals surface area contributed by atoms with E-state index in [1.54, 1.807) is 4.90 Å². The Kier molecular flexibility index (Phi) is 3.73. The minimum absolute atomic E-state index is 0.0194. The molecular weight excluding hydrogens is 292 g/mol. The van der Waals surface area contributed by atoms with Crippen molar-refractivity contribution >= 4 is 15.9 Å². The van der Waals surface area contributed by atoms with E-state index in [4.69, 9.17) is 4.74 Å². The Bertz CT molecular complexity index is 632. The maximum atomic E-state index is 12.1. The predicted molar refractivity (Wildman–Crippen MR) is 76.9 cm³/mol. The molecule has 2 aliphatic heterocycles. The standard InChI is InChI=1S/C14H18N2O4S/c1-21(18,19)15-8-12-13(9-15)20-10-14(17)16(12)7-11-5-3-2-4-6-11/h2-6,12-13H,7-10H2,1H3/t12-,13+/m1/s1. The number of morpholine rings is 1. The highest BCUT2D eigenvalue weighted by molar-refractivity contribution is 7.88. The lowest BCUT2D eigenvalue weighted by Crippen LogP contribution is -2.53. The van der Waals surface area contributed by atoms with Crippen molar-refractivity contribution in [1.29, 1.82) is 0 Å². The van der Waals surface area contributed by atoms with Gasteiger partial charge in [-0.3, -0.25) is 4.79 Å². The molecule has 1 aromatic rings. The van der Waals surface area contributed by atoms with Crippen LogP contribution in [-0.2, 0) is 26.1 Å². The number of amides is 1. The van der Waals surface area contributed by atoms with Crippen LogP contribution < -0.4 is 0 Å². The Morgan fingerprint density at radius 1 is 1.24 bits per heavy atom. The van der Waals surface area contributed by atoms with Crippen molar-refractivity contribution in [3.63, 3.8) is 0 Å². The largest absolute Gasteiger partial charge is 0.365 e. The molecule has 6 nitrogen and oxygen atoms in total. The molecule has 0 N–H and O–H groups in total. The summed E-state index contributed by atoms with van der Waals surface area (Å²) >= 11 is 0. The van der Waals surface area contributed by atoms with Crippen LogP contribution in [0.3, 0.4) is 0 Å². The van der Waals surface area contributed by atoms with Crippen molar-refractivity contribution in [2.45, 2.75) is 18.7 Å². The van der Waals surface area contributed by atoms with Crippen LogP contribution in [0, 0.1) is 0 Å². The van der Waals surface area contributed by atoms with Crippen LogP contribution in [0.15, 0.2) is 30.3 Å². The number of sulfonamides is 1. The lowest BCUT2D eigenvalue weighted by atomic mass is 10.1. The van der Waals surface area contributed by atoms with Gasteiger partial charge in [-0.05, 0) is 5.56 Å². The highest BCUT2D eigenvalue weighted by Crippen LogP contribution is 2.26. The lowest BCUT2D eigenvalue weighted by Gasteiger charge is -2.36. The number of ether oxygens (including phenoxy) is 1. The van der Waals surface area contributed by atoms with E-state index in [1.165, 1.54) is 10.6 Å². The van der Waals surface area contributed by atoms with Crippen LogP contribution in [0.4, 0.5) is 0 Å². The number of rotatable bonds is 3. The van der Waals surface area contributed by atoms with E-state index in [9.17, 15) is 13.2 Å². The number of benzene rings is 1. The molecule has 0 spiro atoms. The Balaban J connectivity index is 1.80. The number of fused-ring (bicyclic) bond motifs is 1. The van der Waals surface area contributed by atoms with Gasteiger partial charge in [0, 0.05) is 19.6 Å². The molecular formula is C14H18N2O4S. The topological polar surface area (TPSA) is 66.9 Å². The van der Waals surface area contributed by atoms with Crippen molar-refractivity contribution in [2.75, 3.05) is 26.0 Å². The first kappa shape index (κ1) is 14.5. The molecule has 0 aliphatic carbocycles. The average Bonchev–Trinajstić information content (AvgIpc) is 2.88. The number of hydrogen-bond donors (Lipinski definition) is 0. The minimum Gasteiger partial charge on any atom is -0.365 e. The van der Waals surface area contributed by atoms with Crippen LogP contribution >= 0.6 is 0 Å². The van der Waals surface area contributed by atoms with Crippen LogP contribution in [0.2, 0.25) is 0 Å². The van der Waals surface area contributed by atoms with Gasteiger partial charge in [0.15, 0.2) is 0 Å². The van der Waals surface area contributed by atoms with Gasteiger partial charge in [0.05, 0.1) is 18.4 Å². The van der Waals surface area contributed by atoms with Crippen LogP contribution in [-0.4, -0.2) is 61.6 Å². The summed E-state index contributed by atoms with van der Waals surface area (Å²) in [5.41, 5.74) is 1.03. The van der Waals surface area contributed by atoms with E-state index in [-0.39, 0.29) is 24.7 Å². The second-order valence-corrected chi connectivity index (χ2v) is 7.49. The molecule has 2 saturated heterocycles. The van der Waals surface area contributed by atoms with Gasteiger partial charge < -0.3 is 9.64 Å². The third-order valence-electron chi connectivity index (χ3n) is 4.01. The molecule has 2 atom stereocenters. The monoisotopic (exact) mass is 310 g/mol. The van der Waals surface area contributed by atoms with Gasteiger partial charge in [0.1, 0.15) is 6.61 Å². The first-order chi connectivity index (χ1) is 9.95. The average molecular weight is 310 g/mol. The molecule has 21 heavy (non-hydrogen) atoms. The summed E-state index contributed by atoms with van der Waals surface area (Å²) in [4.78, 5) is 13.9. The van der Waals surface area contributed by atoms with Gasteiger partial charge in [0.2, 0.25) is 15.9 Å². The zero-order valence-electron chi connectivity index (χ0n) is 11.8. The highest BCUT2D eigenvalue weighted by Gasteiger charge is 2.45. The quantitative estimate of drug-likeness (QED) is 0.792. The van der Waals surface area contributed by atoms with Crippen molar-refractivity contribution in [3.05, 3.63) is 35.9 Å².